The molecule has 1 saturated heterocycles. The first-order valence-corrected chi connectivity index (χ1v) is 11.5. The van der Waals surface area contributed by atoms with Crippen molar-refractivity contribution in [1.29, 1.82) is 5.26 Å². The predicted octanol–water partition coefficient (Wildman–Crippen LogP) is 2.46. The van der Waals surface area contributed by atoms with Crippen LogP contribution in [0.5, 0.6) is 11.5 Å². The highest BCUT2D eigenvalue weighted by Gasteiger charge is 2.35. The second kappa shape index (κ2) is 9.28. The lowest BCUT2D eigenvalue weighted by molar-refractivity contribution is -0.0299. The van der Waals surface area contributed by atoms with Crippen molar-refractivity contribution < 1.29 is 14.6 Å². The van der Waals surface area contributed by atoms with E-state index in [0.29, 0.717) is 59.6 Å². The molecule has 1 aliphatic heterocycles. The Morgan fingerprint density at radius 1 is 1.11 bits per heavy atom. The predicted molar refractivity (Wildman–Crippen MR) is 131 cm³/mol. The molecule has 0 aliphatic carbocycles. The minimum absolute atomic E-state index is 0.104. The third-order valence-electron chi connectivity index (χ3n) is 6.48. The fourth-order valence-corrected chi connectivity index (χ4v) is 4.36. The van der Waals surface area contributed by atoms with Crippen LogP contribution in [-0.4, -0.2) is 53.9 Å². The molecule has 0 unspecified atom stereocenters. The zero-order valence-corrected chi connectivity index (χ0v) is 19.7. The van der Waals surface area contributed by atoms with E-state index in [1.807, 2.05) is 0 Å². The number of hydrogen-bond acceptors (Lipinski definition) is 7. The van der Waals surface area contributed by atoms with Gasteiger partial charge < -0.3 is 14.7 Å². The van der Waals surface area contributed by atoms with Gasteiger partial charge in [-0.3, -0.25) is 18.8 Å². The van der Waals surface area contributed by atoms with Crippen LogP contribution >= 0.6 is 0 Å². The van der Waals surface area contributed by atoms with Crippen LogP contribution in [0.2, 0.25) is 0 Å². The number of benzene rings is 2. The first-order valence-electron chi connectivity index (χ1n) is 11.5. The molecule has 0 radical (unpaired) electrons. The maximum absolute atomic E-state index is 13.0. The maximum atomic E-state index is 13.0. The summed E-state index contributed by atoms with van der Waals surface area (Å²) >= 11 is 0. The molecular formula is C26H24N6O4. The van der Waals surface area contributed by atoms with Crippen molar-refractivity contribution in [2.45, 2.75) is 25.0 Å². The summed E-state index contributed by atoms with van der Waals surface area (Å²) in [6.07, 6.45) is 3.60. The third-order valence-corrected chi connectivity index (χ3v) is 6.48. The normalized spacial score (nSPS) is 15.0. The molecular weight excluding hydrogens is 460 g/mol. The van der Waals surface area contributed by atoms with Gasteiger partial charge in [0, 0.05) is 25.7 Å². The van der Waals surface area contributed by atoms with Crippen LogP contribution in [0.4, 0.5) is 0 Å². The number of nitriles is 1. The molecule has 2 aromatic carbocycles. The molecule has 1 aliphatic rings. The standard InChI is InChI=1S/C26H24N6O4/c1-30-23-22(15-29-30)25(34)32(17-28-23)16-26(35)10-12-31(13-11-26)24(33)19-4-8-21(9-5-19)36-20-6-2-18(14-27)3-7-20/h2-9,15,17,35H,10-13,16H2,1H3. The van der Waals surface area contributed by atoms with E-state index < -0.39 is 5.60 Å². The Hall–Kier alpha value is -4.49. The molecule has 10 nitrogen and oxygen atoms in total. The number of nitrogens with zero attached hydrogens (tertiary/aromatic N) is 6. The van der Waals surface area contributed by atoms with Gasteiger partial charge in [-0.1, -0.05) is 0 Å². The number of ether oxygens (including phenoxy) is 1. The Kier molecular flexibility index (Phi) is 6.00. The number of rotatable bonds is 5. The lowest BCUT2D eigenvalue weighted by Gasteiger charge is -2.38. The molecule has 0 atom stereocenters. The number of hydrogen-bond donors (Lipinski definition) is 1. The zero-order chi connectivity index (χ0) is 25.3. The van der Waals surface area contributed by atoms with Crippen molar-refractivity contribution in [3.8, 4) is 17.6 Å². The average Bonchev–Trinajstić information content (AvgIpc) is 3.28. The first kappa shape index (κ1) is 23.3. The number of fused-ring (bicyclic) bond motifs is 1. The van der Waals surface area contributed by atoms with Gasteiger partial charge in [-0.2, -0.15) is 10.4 Å². The summed E-state index contributed by atoms with van der Waals surface area (Å²) < 4.78 is 8.72. The minimum atomic E-state index is -1.11. The Labute approximate surface area is 206 Å². The van der Waals surface area contributed by atoms with E-state index in [1.165, 1.54) is 21.8 Å². The largest absolute Gasteiger partial charge is 0.457 e. The SMILES string of the molecule is Cn1ncc2c(=O)n(CC3(O)CCN(C(=O)c4ccc(Oc5ccc(C#N)cc5)cc4)CC3)cnc21. The summed E-state index contributed by atoms with van der Waals surface area (Å²) in [5.41, 5.74) is 0.210. The molecule has 4 aromatic rings. The number of carbonyl (C=O) groups excluding carboxylic acids is 1. The van der Waals surface area contributed by atoms with Crippen LogP contribution in [0.3, 0.4) is 0 Å². The topological polar surface area (TPSA) is 126 Å². The molecule has 36 heavy (non-hydrogen) atoms. The van der Waals surface area contributed by atoms with Gasteiger partial charge in [0.15, 0.2) is 5.65 Å². The maximum Gasteiger partial charge on any atom is 0.264 e. The summed E-state index contributed by atoms with van der Waals surface area (Å²) in [6, 6.07) is 15.7. The van der Waals surface area contributed by atoms with Crippen molar-refractivity contribution in [2.24, 2.45) is 7.05 Å². The molecule has 3 heterocycles. The second-order valence-electron chi connectivity index (χ2n) is 8.96. The fraction of sp³-hybridized carbons (Fsp3) is 0.269. The summed E-state index contributed by atoms with van der Waals surface area (Å²) in [7, 11) is 1.72. The highest BCUT2D eigenvalue weighted by Crippen LogP contribution is 2.26. The van der Waals surface area contributed by atoms with E-state index in [1.54, 1.807) is 60.5 Å². The third kappa shape index (κ3) is 4.56. The van der Waals surface area contributed by atoms with E-state index >= 15 is 0 Å². The quantitative estimate of drug-likeness (QED) is 0.461. The molecule has 182 valence electrons. The van der Waals surface area contributed by atoms with Gasteiger partial charge in [-0.25, -0.2) is 4.98 Å². The van der Waals surface area contributed by atoms with Gasteiger partial charge in [-0.05, 0) is 61.4 Å². The van der Waals surface area contributed by atoms with Crippen LogP contribution < -0.4 is 10.3 Å². The zero-order valence-electron chi connectivity index (χ0n) is 19.7. The molecule has 2 aromatic heterocycles. The highest BCUT2D eigenvalue weighted by atomic mass is 16.5. The number of piperidine rings is 1. The lowest BCUT2D eigenvalue weighted by atomic mass is 9.91. The Balaban J connectivity index is 1.20. The summed E-state index contributed by atoms with van der Waals surface area (Å²) in [5.74, 6) is 1.05. The van der Waals surface area contributed by atoms with E-state index in [-0.39, 0.29) is 18.0 Å². The average molecular weight is 485 g/mol. The van der Waals surface area contributed by atoms with Crippen molar-refractivity contribution in [1.82, 2.24) is 24.2 Å². The van der Waals surface area contributed by atoms with Crippen LogP contribution in [0, 0.1) is 11.3 Å². The molecule has 1 fully saturated rings. The van der Waals surface area contributed by atoms with Crippen molar-refractivity contribution >= 4 is 16.9 Å². The summed E-state index contributed by atoms with van der Waals surface area (Å²) in [6.45, 7) is 0.847. The number of amides is 1. The monoisotopic (exact) mass is 484 g/mol. The molecule has 10 heteroatoms. The highest BCUT2D eigenvalue weighted by molar-refractivity contribution is 5.94. The molecule has 0 spiro atoms. The molecule has 5 rings (SSSR count). The second-order valence-corrected chi connectivity index (χ2v) is 8.96. The van der Waals surface area contributed by atoms with Crippen LogP contribution in [0.15, 0.2) is 65.8 Å². The van der Waals surface area contributed by atoms with Crippen molar-refractivity contribution in [3.63, 3.8) is 0 Å². The molecule has 0 saturated carbocycles. The Morgan fingerprint density at radius 3 is 2.39 bits per heavy atom. The van der Waals surface area contributed by atoms with E-state index in [2.05, 4.69) is 16.2 Å². The minimum Gasteiger partial charge on any atom is -0.457 e. The summed E-state index contributed by atoms with van der Waals surface area (Å²) in [4.78, 5) is 31.8. The van der Waals surface area contributed by atoms with Gasteiger partial charge in [0.25, 0.3) is 11.5 Å². The number of aromatic nitrogens is 4. The smallest absolute Gasteiger partial charge is 0.264 e. The van der Waals surface area contributed by atoms with Crippen molar-refractivity contribution in [2.75, 3.05) is 13.1 Å². The Morgan fingerprint density at radius 2 is 1.75 bits per heavy atom. The Bertz CT molecular complexity index is 1510. The number of aryl methyl sites for hydroxylation is 1. The number of aliphatic hydroxyl groups is 1. The lowest BCUT2D eigenvalue weighted by Crippen LogP contribution is -2.49. The van der Waals surface area contributed by atoms with Gasteiger partial charge in [0.1, 0.15) is 23.2 Å². The molecule has 1 amide bonds. The van der Waals surface area contributed by atoms with E-state index in [0.717, 1.165) is 0 Å². The van der Waals surface area contributed by atoms with Crippen LogP contribution in [0.25, 0.3) is 11.0 Å². The van der Waals surface area contributed by atoms with Crippen molar-refractivity contribution in [3.05, 3.63) is 82.5 Å². The van der Waals surface area contributed by atoms with Crippen LogP contribution in [0.1, 0.15) is 28.8 Å². The summed E-state index contributed by atoms with van der Waals surface area (Å²) in [5, 5.41) is 24.5. The first-order chi connectivity index (χ1) is 17.3. The number of carbonyl (C=O) groups is 1. The van der Waals surface area contributed by atoms with Gasteiger partial charge in [0.2, 0.25) is 0 Å². The van der Waals surface area contributed by atoms with E-state index in [4.69, 9.17) is 10.00 Å². The fourth-order valence-electron chi connectivity index (χ4n) is 4.36. The van der Waals surface area contributed by atoms with Gasteiger partial charge >= 0.3 is 0 Å². The van der Waals surface area contributed by atoms with Crippen LogP contribution in [-0.2, 0) is 13.6 Å². The van der Waals surface area contributed by atoms with Gasteiger partial charge in [0.05, 0.1) is 30.0 Å². The molecule has 0 bridgehead atoms. The molecule has 1 N–H and O–H groups in total. The van der Waals surface area contributed by atoms with E-state index in [9.17, 15) is 14.7 Å². The number of likely N-dealkylation sites (tertiary alicyclic amines) is 1. The van der Waals surface area contributed by atoms with Gasteiger partial charge in [-0.15, -0.1) is 0 Å².